The van der Waals surface area contributed by atoms with Crippen molar-refractivity contribution in [1.82, 2.24) is 19.8 Å². The van der Waals surface area contributed by atoms with Crippen molar-refractivity contribution >= 4 is 46.8 Å². The minimum absolute atomic E-state index is 0.00875. The number of hydrogen-bond donors (Lipinski definition) is 3. The van der Waals surface area contributed by atoms with Gasteiger partial charge in [-0.25, -0.2) is 15.0 Å². The molecule has 1 spiro atoms. The van der Waals surface area contributed by atoms with Crippen molar-refractivity contribution < 1.29 is 14.3 Å². The Balaban J connectivity index is 0.942. The van der Waals surface area contributed by atoms with Crippen LogP contribution in [0.15, 0.2) is 70.8 Å². The third-order valence-electron chi connectivity index (χ3n) is 10.5. The normalized spacial score (nSPS) is 21.4. The number of likely N-dealkylation sites (tertiary alicyclic amines) is 1. The lowest BCUT2D eigenvalue weighted by Crippen LogP contribution is -2.43. The molecule has 5 N–H and O–H groups in total. The van der Waals surface area contributed by atoms with Gasteiger partial charge in [-0.3, -0.25) is 29.8 Å². The fraction of sp³-hybridized carbons (Fsp3) is 0.395. The molecule has 264 valence electrons. The fourth-order valence-electron chi connectivity index (χ4n) is 7.21. The number of aromatic nitrogens is 2. The molecule has 13 heteroatoms. The molecule has 3 aliphatic heterocycles. The van der Waals surface area contributed by atoms with Gasteiger partial charge in [0.2, 0.25) is 17.7 Å². The van der Waals surface area contributed by atoms with Crippen molar-refractivity contribution in [3.8, 4) is 5.88 Å². The monoisotopic (exact) mass is 688 g/mol. The van der Waals surface area contributed by atoms with E-state index in [9.17, 15) is 9.59 Å². The van der Waals surface area contributed by atoms with E-state index in [1.54, 1.807) is 42.4 Å². The number of anilines is 2. The molecule has 2 saturated heterocycles. The van der Waals surface area contributed by atoms with Gasteiger partial charge in [-0.15, -0.1) is 0 Å². The summed E-state index contributed by atoms with van der Waals surface area (Å²) in [5, 5.41) is 8.84. The number of ether oxygens (including phenoxy) is 1. The maximum atomic E-state index is 14.0. The van der Waals surface area contributed by atoms with E-state index >= 15 is 0 Å². The standard InChI is InChI=1S/C38H44N10O3/c1-42-24-44-36(41)27-7-5-25(6-8-27)26-13-17-47(18-14-26)33(49)22-46-19-15-38(23-46)16-20-48(37(38)50)31-11-10-30(39)35(45-31)34(40)28-9-12-32(43-21-28)51-29-3-2-4-29/h5-13,21,24,29,40H,2-4,14-20,22-23,39H2,1H3,(H2,41,42,44)/t38-/m0/s1. The van der Waals surface area contributed by atoms with Gasteiger partial charge in [0.15, 0.2) is 0 Å². The predicted molar refractivity (Wildman–Crippen MR) is 198 cm³/mol. The molecular formula is C38H44N10O3. The number of nitrogens with one attached hydrogen (secondary N) is 1. The zero-order chi connectivity index (χ0) is 35.5. The lowest BCUT2D eigenvalue weighted by Gasteiger charge is -2.29. The Morgan fingerprint density at radius 2 is 1.86 bits per heavy atom. The largest absolute Gasteiger partial charge is 0.474 e. The van der Waals surface area contributed by atoms with Gasteiger partial charge in [-0.05, 0) is 74.4 Å². The molecule has 13 nitrogen and oxygen atoms in total. The van der Waals surface area contributed by atoms with Crippen molar-refractivity contribution in [2.24, 2.45) is 21.1 Å². The van der Waals surface area contributed by atoms with Crippen molar-refractivity contribution in [2.45, 2.75) is 44.6 Å². The Labute approximate surface area is 297 Å². The van der Waals surface area contributed by atoms with Crippen LogP contribution >= 0.6 is 0 Å². The van der Waals surface area contributed by atoms with E-state index in [1.165, 1.54) is 18.3 Å². The van der Waals surface area contributed by atoms with Crippen molar-refractivity contribution in [1.29, 1.82) is 5.41 Å². The summed E-state index contributed by atoms with van der Waals surface area (Å²) in [7, 11) is 1.65. The van der Waals surface area contributed by atoms with Gasteiger partial charge < -0.3 is 21.1 Å². The molecule has 1 saturated carbocycles. The number of pyridine rings is 2. The molecule has 51 heavy (non-hydrogen) atoms. The lowest BCUT2D eigenvalue weighted by atomic mass is 9.85. The van der Waals surface area contributed by atoms with E-state index in [4.69, 9.17) is 26.6 Å². The number of nitrogens with zero attached hydrogens (tertiary/aromatic N) is 7. The van der Waals surface area contributed by atoms with E-state index in [-0.39, 0.29) is 30.2 Å². The maximum absolute atomic E-state index is 14.0. The molecule has 4 aliphatic rings. The van der Waals surface area contributed by atoms with Crippen molar-refractivity contribution in [3.63, 3.8) is 0 Å². The summed E-state index contributed by atoms with van der Waals surface area (Å²) in [5.74, 6) is 1.51. The molecule has 0 bridgehead atoms. The van der Waals surface area contributed by atoms with Crippen LogP contribution in [0.1, 0.15) is 60.9 Å². The highest BCUT2D eigenvalue weighted by molar-refractivity contribution is 6.13. The smallest absolute Gasteiger partial charge is 0.237 e. The molecule has 3 fully saturated rings. The molecule has 0 radical (unpaired) electrons. The summed E-state index contributed by atoms with van der Waals surface area (Å²) < 4.78 is 5.85. The highest BCUT2D eigenvalue weighted by atomic mass is 16.5. The molecule has 1 aliphatic carbocycles. The number of nitrogen functional groups attached to an aromatic ring is 1. The first kappa shape index (κ1) is 34.0. The van der Waals surface area contributed by atoms with Crippen LogP contribution in [0.25, 0.3) is 5.57 Å². The highest BCUT2D eigenvalue weighted by Crippen LogP contribution is 2.42. The van der Waals surface area contributed by atoms with E-state index < -0.39 is 5.41 Å². The van der Waals surface area contributed by atoms with Gasteiger partial charge in [0.1, 0.15) is 29.8 Å². The van der Waals surface area contributed by atoms with Crippen LogP contribution in [-0.2, 0) is 9.59 Å². The first-order valence-corrected chi connectivity index (χ1v) is 17.6. The highest BCUT2D eigenvalue weighted by Gasteiger charge is 2.51. The molecular weight excluding hydrogens is 644 g/mol. The summed E-state index contributed by atoms with van der Waals surface area (Å²) in [4.78, 5) is 50.1. The van der Waals surface area contributed by atoms with Gasteiger partial charge in [0, 0.05) is 56.6 Å². The number of carbonyl (C=O) groups is 2. The molecule has 1 atom stereocenters. The Morgan fingerprint density at radius 3 is 2.55 bits per heavy atom. The van der Waals surface area contributed by atoms with Gasteiger partial charge in [-0.1, -0.05) is 30.3 Å². The first-order chi connectivity index (χ1) is 24.7. The summed E-state index contributed by atoms with van der Waals surface area (Å²) in [6.45, 7) is 3.21. The van der Waals surface area contributed by atoms with Crippen LogP contribution in [0.5, 0.6) is 5.88 Å². The second kappa shape index (κ2) is 14.4. The van der Waals surface area contributed by atoms with E-state index in [0.29, 0.717) is 80.0 Å². The van der Waals surface area contributed by atoms with Gasteiger partial charge in [-0.2, -0.15) is 0 Å². The Bertz CT molecular complexity index is 1900. The SMILES string of the molecule is CN=CN=C(N)c1ccc(C2=CCN(C(=O)CN3CC[C@]4(CCN(c5ccc(N)c(C(=N)c6ccc(OC7CCC7)nc6)n5)C4=O)C3)CC2)cc1. The Hall–Kier alpha value is -5.43. The summed E-state index contributed by atoms with van der Waals surface area (Å²) >= 11 is 0. The van der Waals surface area contributed by atoms with E-state index in [0.717, 1.165) is 30.4 Å². The fourth-order valence-corrected chi connectivity index (χ4v) is 7.21. The number of benzene rings is 1. The molecule has 0 unspecified atom stereocenters. The number of carbonyl (C=O) groups excluding carboxylic acids is 2. The van der Waals surface area contributed by atoms with Crippen molar-refractivity contribution in [3.05, 3.63) is 83.2 Å². The number of amidine groups is 1. The van der Waals surface area contributed by atoms with Crippen LogP contribution in [0.4, 0.5) is 11.5 Å². The zero-order valence-corrected chi connectivity index (χ0v) is 28.9. The second-order valence-electron chi connectivity index (χ2n) is 13.8. The van der Waals surface area contributed by atoms with E-state index in [2.05, 4.69) is 25.9 Å². The van der Waals surface area contributed by atoms with Crippen LogP contribution in [0, 0.1) is 10.8 Å². The third-order valence-corrected chi connectivity index (χ3v) is 10.5. The lowest BCUT2D eigenvalue weighted by molar-refractivity contribution is -0.132. The molecule has 2 amide bonds. The summed E-state index contributed by atoms with van der Waals surface area (Å²) in [5.41, 5.74) is 16.2. The number of rotatable bonds is 10. The van der Waals surface area contributed by atoms with Crippen LogP contribution < -0.4 is 21.1 Å². The van der Waals surface area contributed by atoms with Crippen LogP contribution in [0.3, 0.4) is 0 Å². The number of nitrogens with two attached hydrogens (primary N) is 2. The maximum Gasteiger partial charge on any atom is 0.237 e. The minimum Gasteiger partial charge on any atom is -0.474 e. The van der Waals surface area contributed by atoms with Gasteiger partial charge >= 0.3 is 0 Å². The predicted octanol–water partition coefficient (Wildman–Crippen LogP) is 3.51. The van der Waals surface area contributed by atoms with Crippen LogP contribution in [-0.4, -0.2) is 102 Å². The van der Waals surface area contributed by atoms with Gasteiger partial charge in [0.05, 0.1) is 23.4 Å². The summed E-state index contributed by atoms with van der Waals surface area (Å²) in [6, 6.07) is 15.0. The van der Waals surface area contributed by atoms with Gasteiger partial charge in [0.25, 0.3) is 0 Å². The average Bonchev–Trinajstić information content (AvgIpc) is 3.70. The molecule has 7 rings (SSSR count). The number of amides is 2. The second-order valence-corrected chi connectivity index (χ2v) is 13.8. The zero-order valence-electron chi connectivity index (χ0n) is 28.9. The third kappa shape index (κ3) is 7.11. The Kier molecular flexibility index (Phi) is 9.63. The molecule has 5 heterocycles. The number of aliphatic imine (C=N–C) groups is 2. The quantitative estimate of drug-likeness (QED) is 0.214. The first-order valence-electron chi connectivity index (χ1n) is 17.6. The van der Waals surface area contributed by atoms with Crippen LogP contribution in [0.2, 0.25) is 0 Å². The van der Waals surface area contributed by atoms with E-state index in [1.807, 2.05) is 29.2 Å². The molecule has 1 aromatic carbocycles. The topological polar surface area (TPSA) is 179 Å². The minimum atomic E-state index is -0.560. The molecule has 3 aromatic rings. The van der Waals surface area contributed by atoms with Crippen molar-refractivity contribution in [2.75, 3.05) is 56.9 Å². The summed E-state index contributed by atoms with van der Waals surface area (Å²) in [6.07, 6.45) is 10.7. The number of hydrogen-bond acceptors (Lipinski definition) is 9. The molecule has 2 aromatic heterocycles. The Morgan fingerprint density at radius 1 is 1.08 bits per heavy atom. The average molecular weight is 689 g/mol.